The summed E-state index contributed by atoms with van der Waals surface area (Å²) >= 11 is 0. The van der Waals surface area contributed by atoms with E-state index in [0.717, 1.165) is 5.56 Å². The average Bonchev–Trinajstić information content (AvgIpc) is 3.14. The van der Waals surface area contributed by atoms with Crippen molar-refractivity contribution in [2.45, 2.75) is 56.1 Å². The van der Waals surface area contributed by atoms with Crippen molar-refractivity contribution in [3.63, 3.8) is 0 Å². The molecule has 4 atom stereocenters. The summed E-state index contributed by atoms with van der Waals surface area (Å²) in [5.41, 5.74) is -0.0901. The Morgan fingerprint density at radius 2 is 1.80 bits per heavy atom. The number of aryl methyl sites for hydroxylation is 1. The number of fused-ring (bicyclic) bond motifs is 1. The number of aromatic nitrogens is 2. The molecule has 1 aromatic heterocycles. The second-order valence-electron chi connectivity index (χ2n) is 8.20. The molecule has 162 valence electrons. The highest BCUT2D eigenvalue weighted by Crippen LogP contribution is 2.46. The molecule has 0 amide bonds. The van der Waals surface area contributed by atoms with Gasteiger partial charge in [0.15, 0.2) is 5.79 Å². The van der Waals surface area contributed by atoms with Crippen LogP contribution >= 0.6 is 0 Å². The number of H-pyrrole nitrogens is 1. The van der Waals surface area contributed by atoms with E-state index in [1.165, 1.54) is 29.0 Å². The van der Waals surface area contributed by atoms with Gasteiger partial charge >= 0.3 is 5.69 Å². The van der Waals surface area contributed by atoms with E-state index in [1.807, 2.05) is 6.92 Å². The fourth-order valence-corrected chi connectivity index (χ4v) is 5.09. The molecule has 9 nitrogen and oxygen atoms in total. The molecule has 2 heterocycles. The predicted molar refractivity (Wildman–Crippen MR) is 107 cm³/mol. The Hall–Kier alpha value is -2.27. The Balaban J connectivity index is 1.57. The number of hydrogen-bond acceptors (Lipinski definition) is 7. The molecule has 0 radical (unpaired) electrons. The summed E-state index contributed by atoms with van der Waals surface area (Å²) in [4.78, 5) is 26.0. The van der Waals surface area contributed by atoms with Crippen molar-refractivity contribution in [1.82, 2.24) is 9.55 Å². The molecular formula is C20H24N2O7S. The second-order valence-corrected chi connectivity index (χ2v) is 9.81. The van der Waals surface area contributed by atoms with Crippen molar-refractivity contribution in [2.75, 3.05) is 6.61 Å². The summed E-state index contributed by atoms with van der Waals surface area (Å²) in [5.74, 6) is -1.20. The van der Waals surface area contributed by atoms with Crippen LogP contribution in [-0.2, 0) is 23.8 Å². The largest absolute Gasteiger partial charge is 0.344 e. The van der Waals surface area contributed by atoms with Crippen molar-refractivity contribution in [3.05, 3.63) is 62.9 Å². The van der Waals surface area contributed by atoms with Crippen LogP contribution in [0.15, 0.2) is 51.0 Å². The third-order valence-corrected chi connectivity index (χ3v) is 6.80. The van der Waals surface area contributed by atoms with Gasteiger partial charge in [0.05, 0.1) is 23.6 Å². The highest BCUT2D eigenvalue weighted by atomic mass is 32.2. The first-order valence-corrected chi connectivity index (χ1v) is 11.1. The number of benzene rings is 1. The Bertz CT molecular complexity index is 1150. The summed E-state index contributed by atoms with van der Waals surface area (Å²) in [6, 6.07) is 7.26. The monoisotopic (exact) mass is 436 g/mol. The molecular weight excluding hydrogens is 412 g/mol. The van der Waals surface area contributed by atoms with Crippen LogP contribution in [0.2, 0.25) is 0 Å². The van der Waals surface area contributed by atoms with E-state index < -0.39 is 45.4 Å². The molecule has 0 bridgehead atoms. The number of hydrogen-bond donors (Lipinski definition) is 1. The third kappa shape index (κ3) is 4.00. The average molecular weight is 436 g/mol. The van der Waals surface area contributed by atoms with Gasteiger partial charge in [0.25, 0.3) is 15.7 Å². The third-order valence-electron chi connectivity index (χ3n) is 5.51. The number of nitrogens with zero attached hydrogens (tertiary/aromatic N) is 1. The van der Waals surface area contributed by atoms with Gasteiger partial charge in [0.1, 0.15) is 6.10 Å². The number of nitrogens with one attached hydrogen (secondary N) is 1. The fraction of sp³-hybridized carbons (Fsp3) is 0.500. The maximum atomic E-state index is 12.6. The van der Waals surface area contributed by atoms with Gasteiger partial charge in [-0.15, -0.1) is 0 Å². The quantitative estimate of drug-likeness (QED) is 0.703. The van der Waals surface area contributed by atoms with Crippen LogP contribution in [0.1, 0.15) is 31.9 Å². The molecule has 1 N–H and O–H groups in total. The first kappa shape index (κ1) is 21.0. The zero-order chi connectivity index (χ0) is 21.7. The first-order valence-electron chi connectivity index (χ1n) is 9.69. The molecule has 1 aromatic carbocycles. The lowest BCUT2D eigenvalue weighted by molar-refractivity contribution is -0.161. The smallest absolute Gasteiger partial charge is 0.328 e. The highest BCUT2D eigenvalue weighted by molar-refractivity contribution is 7.86. The summed E-state index contributed by atoms with van der Waals surface area (Å²) in [7, 11) is -3.93. The Morgan fingerprint density at radius 1 is 1.13 bits per heavy atom. The van der Waals surface area contributed by atoms with Crippen LogP contribution in [0.5, 0.6) is 0 Å². The summed E-state index contributed by atoms with van der Waals surface area (Å²) < 4.78 is 43.9. The normalized spacial score (nSPS) is 27.8. The van der Waals surface area contributed by atoms with Gasteiger partial charge in [0.2, 0.25) is 0 Å². The lowest BCUT2D eigenvalue weighted by Crippen LogP contribution is -2.36. The lowest BCUT2D eigenvalue weighted by atomic mass is 10.1. The van der Waals surface area contributed by atoms with Crippen molar-refractivity contribution in [2.24, 2.45) is 5.92 Å². The van der Waals surface area contributed by atoms with Crippen molar-refractivity contribution in [3.8, 4) is 0 Å². The molecule has 4 rings (SSSR count). The lowest BCUT2D eigenvalue weighted by Gasteiger charge is -2.24. The molecule has 2 aromatic rings. The number of rotatable bonds is 5. The minimum absolute atomic E-state index is 0.0833. The van der Waals surface area contributed by atoms with Crippen molar-refractivity contribution in [1.29, 1.82) is 0 Å². The summed E-state index contributed by atoms with van der Waals surface area (Å²) in [6.45, 7) is 5.29. The van der Waals surface area contributed by atoms with E-state index in [1.54, 1.807) is 26.0 Å². The van der Waals surface area contributed by atoms with Crippen LogP contribution in [-0.4, -0.2) is 42.6 Å². The van der Waals surface area contributed by atoms with Gasteiger partial charge < -0.3 is 9.47 Å². The first-order chi connectivity index (χ1) is 14.1. The summed E-state index contributed by atoms with van der Waals surface area (Å²) in [6.07, 6.45) is 0.904. The standard InChI is InChI=1S/C20H24N2O7S/c1-12-4-6-14(7-5-12)30(25,26)27-11-13-10-15(18-17(13)28-20(2,3)29-18)22-9-8-16(23)21-19(22)24/h4-9,13,15,17-18H,10-11H2,1-3H3,(H,21,23,24)/t13-,15-,17-,18+/m1/s1. The minimum atomic E-state index is -3.93. The predicted octanol–water partition coefficient (Wildman–Crippen LogP) is 1.33. The Kier molecular flexibility index (Phi) is 5.21. The molecule has 2 fully saturated rings. The van der Waals surface area contributed by atoms with E-state index in [0.29, 0.717) is 6.42 Å². The molecule has 30 heavy (non-hydrogen) atoms. The van der Waals surface area contributed by atoms with E-state index in [4.69, 9.17) is 13.7 Å². The van der Waals surface area contributed by atoms with E-state index in [9.17, 15) is 18.0 Å². The van der Waals surface area contributed by atoms with Crippen LogP contribution in [0.4, 0.5) is 0 Å². The molecule has 1 saturated carbocycles. The van der Waals surface area contributed by atoms with E-state index in [-0.39, 0.29) is 17.4 Å². The number of ether oxygens (including phenoxy) is 2. The molecule has 1 saturated heterocycles. The van der Waals surface area contributed by atoms with Crippen LogP contribution in [0.25, 0.3) is 0 Å². The molecule has 0 spiro atoms. The zero-order valence-corrected chi connectivity index (χ0v) is 17.7. The zero-order valence-electron chi connectivity index (χ0n) is 16.9. The van der Waals surface area contributed by atoms with Gasteiger partial charge in [-0.2, -0.15) is 8.42 Å². The van der Waals surface area contributed by atoms with Gasteiger partial charge in [-0.3, -0.25) is 18.5 Å². The number of aromatic amines is 1. The molecule has 0 unspecified atom stereocenters. The minimum Gasteiger partial charge on any atom is -0.344 e. The maximum absolute atomic E-state index is 12.6. The highest BCUT2D eigenvalue weighted by Gasteiger charge is 2.55. The van der Waals surface area contributed by atoms with Crippen molar-refractivity contribution < 1.29 is 22.1 Å². The van der Waals surface area contributed by atoms with Gasteiger partial charge in [-0.25, -0.2) is 4.79 Å². The van der Waals surface area contributed by atoms with Gasteiger partial charge in [-0.1, -0.05) is 17.7 Å². The maximum Gasteiger partial charge on any atom is 0.328 e. The van der Waals surface area contributed by atoms with E-state index >= 15 is 0 Å². The topological polar surface area (TPSA) is 117 Å². The second kappa shape index (κ2) is 7.45. The fourth-order valence-electron chi connectivity index (χ4n) is 4.13. The molecule has 10 heteroatoms. The van der Waals surface area contributed by atoms with Crippen LogP contribution in [0.3, 0.4) is 0 Å². The summed E-state index contributed by atoms with van der Waals surface area (Å²) in [5, 5.41) is 0. The molecule has 2 aliphatic rings. The van der Waals surface area contributed by atoms with Crippen LogP contribution < -0.4 is 11.2 Å². The van der Waals surface area contributed by atoms with E-state index in [2.05, 4.69) is 4.98 Å². The Morgan fingerprint density at radius 3 is 2.47 bits per heavy atom. The van der Waals surface area contributed by atoms with Gasteiger partial charge in [0, 0.05) is 18.2 Å². The van der Waals surface area contributed by atoms with Crippen LogP contribution in [0, 0.1) is 12.8 Å². The van der Waals surface area contributed by atoms with Crippen molar-refractivity contribution >= 4 is 10.1 Å². The Labute approximate surface area is 173 Å². The molecule has 1 aliphatic carbocycles. The van der Waals surface area contributed by atoms with Gasteiger partial charge in [-0.05, 0) is 39.3 Å². The SMILES string of the molecule is Cc1ccc(S(=O)(=O)OC[C@H]2C[C@@H](n3ccc(=O)[nH]c3=O)[C@@H]3OC(C)(C)O[C@H]23)cc1. The molecule has 1 aliphatic heterocycles.